The number of anilines is 1. The van der Waals surface area contributed by atoms with E-state index >= 15 is 0 Å². The molecule has 3 heterocycles. The summed E-state index contributed by atoms with van der Waals surface area (Å²) in [5.41, 5.74) is 6.68. The Kier molecular flexibility index (Phi) is 5.81. The molecular formula is C31H38F2N4. The normalized spacial score (nSPS) is 33.5. The molecule has 4 atom stereocenters. The third-order valence-electron chi connectivity index (χ3n) is 10.0. The van der Waals surface area contributed by atoms with Gasteiger partial charge in [0.1, 0.15) is 6.17 Å². The van der Waals surface area contributed by atoms with Gasteiger partial charge in [-0.25, -0.2) is 4.39 Å². The first-order valence-corrected chi connectivity index (χ1v) is 14.2. The highest BCUT2D eigenvalue weighted by Gasteiger charge is 2.60. The van der Waals surface area contributed by atoms with Crippen molar-refractivity contribution in [2.24, 2.45) is 5.92 Å². The van der Waals surface area contributed by atoms with Crippen LogP contribution in [0.25, 0.3) is 10.9 Å². The van der Waals surface area contributed by atoms with Gasteiger partial charge in [0.05, 0.1) is 18.8 Å². The van der Waals surface area contributed by atoms with Crippen LogP contribution in [0.1, 0.15) is 61.9 Å². The van der Waals surface area contributed by atoms with E-state index in [-0.39, 0.29) is 18.8 Å². The molecule has 37 heavy (non-hydrogen) atoms. The molecule has 3 fully saturated rings. The zero-order valence-electron chi connectivity index (χ0n) is 21.7. The van der Waals surface area contributed by atoms with Crippen molar-refractivity contribution in [2.75, 3.05) is 31.6 Å². The SMILES string of the molecule is C[C@@H]1Cc2c([nH]c3ccccc23)[C@@H](c2ccc(N[C@@H]3CN(CCCF)C[C@H]3F)cc2)N1C12CCC1CC2. The summed E-state index contributed by atoms with van der Waals surface area (Å²) >= 11 is 0. The lowest BCUT2D eigenvalue weighted by Crippen LogP contribution is -2.69. The molecule has 0 radical (unpaired) electrons. The Morgan fingerprint density at radius 3 is 2.54 bits per heavy atom. The van der Waals surface area contributed by atoms with Crippen molar-refractivity contribution in [2.45, 2.75) is 75.3 Å². The van der Waals surface area contributed by atoms with Crippen LogP contribution >= 0.6 is 0 Å². The van der Waals surface area contributed by atoms with E-state index < -0.39 is 6.17 Å². The lowest BCUT2D eigenvalue weighted by atomic mass is 9.51. The highest BCUT2D eigenvalue weighted by Crippen LogP contribution is 2.61. The van der Waals surface area contributed by atoms with Gasteiger partial charge in [0.15, 0.2) is 0 Å². The minimum atomic E-state index is -0.934. The molecule has 0 spiro atoms. The standard InChI is InChI=1S/C31H38F2N4/c1-20-17-25-24-5-2-3-6-27(24)35-29(25)30(37(20)31-13-11-22(31)12-14-31)21-7-9-23(10-8-21)34-28-19-36(16-4-15-32)18-26(28)33/h2-3,5-10,20,22,26,28,30,34-35H,4,11-19H2,1H3/t20-,22?,26-,28-,30-,31?/m1/s1. The van der Waals surface area contributed by atoms with Crippen LogP contribution in [0.15, 0.2) is 48.5 Å². The van der Waals surface area contributed by atoms with Crippen molar-refractivity contribution < 1.29 is 8.78 Å². The van der Waals surface area contributed by atoms with Gasteiger partial charge in [0, 0.05) is 53.5 Å². The molecule has 1 aromatic heterocycles. The summed E-state index contributed by atoms with van der Waals surface area (Å²) in [6.45, 7) is 3.71. The minimum absolute atomic E-state index is 0.208. The van der Waals surface area contributed by atoms with Crippen LogP contribution in [0.4, 0.5) is 14.5 Å². The summed E-state index contributed by atoms with van der Waals surface area (Å²) in [4.78, 5) is 8.73. The summed E-state index contributed by atoms with van der Waals surface area (Å²) < 4.78 is 27.3. The third kappa shape index (κ3) is 3.74. The molecule has 2 aliphatic carbocycles. The molecule has 4 aliphatic rings. The minimum Gasteiger partial charge on any atom is -0.378 e. The van der Waals surface area contributed by atoms with E-state index in [0.29, 0.717) is 37.6 Å². The van der Waals surface area contributed by atoms with Gasteiger partial charge in [-0.15, -0.1) is 0 Å². The molecule has 2 N–H and O–H groups in total. The Balaban J connectivity index is 1.20. The monoisotopic (exact) mass is 504 g/mol. The van der Waals surface area contributed by atoms with E-state index in [1.54, 1.807) is 0 Å². The molecule has 0 amide bonds. The maximum absolute atomic E-state index is 14.7. The molecule has 196 valence electrons. The lowest BCUT2D eigenvalue weighted by molar-refractivity contribution is -0.153. The zero-order chi connectivity index (χ0) is 25.1. The van der Waals surface area contributed by atoms with Crippen LogP contribution in [-0.4, -0.2) is 64.9 Å². The van der Waals surface area contributed by atoms with Crippen LogP contribution in [0.5, 0.6) is 0 Å². The van der Waals surface area contributed by atoms with Crippen molar-refractivity contribution in [1.82, 2.24) is 14.8 Å². The number of nitrogens with one attached hydrogen (secondary N) is 2. The summed E-state index contributed by atoms with van der Waals surface area (Å²) in [5.74, 6) is 0.841. The van der Waals surface area contributed by atoms with Crippen LogP contribution in [0, 0.1) is 5.92 Å². The fraction of sp³-hybridized carbons (Fsp3) is 0.548. The molecular weight excluding hydrogens is 466 g/mol. The van der Waals surface area contributed by atoms with Gasteiger partial charge in [-0.05, 0) is 80.7 Å². The molecule has 2 saturated carbocycles. The molecule has 6 heteroatoms. The third-order valence-corrected chi connectivity index (χ3v) is 10.0. The smallest absolute Gasteiger partial charge is 0.134 e. The summed E-state index contributed by atoms with van der Waals surface area (Å²) in [5, 5.41) is 4.78. The number of aromatic amines is 1. The van der Waals surface area contributed by atoms with Crippen molar-refractivity contribution in [3.63, 3.8) is 0 Å². The van der Waals surface area contributed by atoms with Gasteiger partial charge in [0.25, 0.3) is 0 Å². The highest BCUT2D eigenvalue weighted by molar-refractivity contribution is 5.85. The molecule has 0 bridgehead atoms. The topological polar surface area (TPSA) is 34.3 Å². The van der Waals surface area contributed by atoms with Gasteiger partial charge < -0.3 is 10.3 Å². The van der Waals surface area contributed by atoms with Gasteiger partial charge in [-0.1, -0.05) is 30.3 Å². The number of nitrogens with zero attached hydrogens (tertiary/aromatic N) is 2. The van der Waals surface area contributed by atoms with E-state index in [0.717, 1.165) is 18.0 Å². The number of alkyl halides is 2. The van der Waals surface area contributed by atoms with Crippen LogP contribution in [-0.2, 0) is 6.42 Å². The van der Waals surface area contributed by atoms with Crippen LogP contribution < -0.4 is 5.32 Å². The first kappa shape index (κ1) is 23.7. The number of likely N-dealkylation sites (tertiary alicyclic amines) is 1. The molecule has 1 saturated heterocycles. The first-order chi connectivity index (χ1) is 18.1. The number of benzene rings is 2. The number of aromatic nitrogens is 1. The Bertz CT molecular complexity index is 1260. The van der Waals surface area contributed by atoms with Crippen LogP contribution in [0.2, 0.25) is 0 Å². The van der Waals surface area contributed by atoms with Crippen molar-refractivity contribution in [1.29, 1.82) is 0 Å². The second-order valence-electron chi connectivity index (χ2n) is 12.0. The maximum Gasteiger partial charge on any atom is 0.134 e. The van der Waals surface area contributed by atoms with E-state index in [1.807, 2.05) is 4.90 Å². The Labute approximate surface area is 218 Å². The first-order valence-electron chi connectivity index (χ1n) is 14.2. The number of rotatable bonds is 7. The van der Waals surface area contributed by atoms with E-state index in [4.69, 9.17) is 0 Å². The van der Waals surface area contributed by atoms with Crippen molar-refractivity contribution in [3.05, 3.63) is 65.4 Å². The second-order valence-corrected chi connectivity index (χ2v) is 12.0. The molecule has 2 aliphatic heterocycles. The molecule has 3 aromatic rings. The van der Waals surface area contributed by atoms with E-state index in [2.05, 4.69) is 70.7 Å². The predicted octanol–water partition coefficient (Wildman–Crippen LogP) is 6.24. The Morgan fingerprint density at radius 2 is 1.84 bits per heavy atom. The maximum atomic E-state index is 14.7. The number of H-pyrrole nitrogens is 1. The number of hydrogen-bond acceptors (Lipinski definition) is 3. The summed E-state index contributed by atoms with van der Waals surface area (Å²) in [6.07, 6.45) is 5.98. The lowest BCUT2D eigenvalue weighted by Gasteiger charge is -2.67. The molecule has 4 nitrogen and oxygen atoms in total. The summed E-state index contributed by atoms with van der Waals surface area (Å²) in [7, 11) is 0. The number of para-hydroxylation sites is 1. The van der Waals surface area contributed by atoms with Gasteiger partial charge in [-0.3, -0.25) is 14.2 Å². The molecule has 7 rings (SSSR count). The Morgan fingerprint density at radius 1 is 1.05 bits per heavy atom. The quantitative estimate of drug-likeness (QED) is 0.400. The van der Waals surface area contributed by atoms with E-state index in [9.17, 15) is 8.78 Å². The fourth-order valence-corrected chi connectivity index (χ4v) is 8.01. The second kappa shape index (κ2) is 9.09. The van der Waals surface area contributed by atoms with E-state index in [1.165, 1.54) is 53.4 Å². The predicted molar refractivity (Wildman–Crippen MR) is 146 cm³/mol. The van der Waals surface area contributed by atoms with Crippen molar-refractivity contribution in [3.8, 4) is 0 Å². The summed E-state index contributed by atoms with van der Waals surface area (Å²) in [6, 6.07) is 17.9. The zero-order valence-corrected chi connectivity index (χ0v) is 21.7. The largest absolute Gasteiger partial charge is 0.378 e. The Hall–Kier alpha value is -2.44. The average molecular weight is 505 g/mol. The molecule has 2 aromatic carbocycles. The fourth-order valence-electron chi connectivity index (χ4n) is 8.01. The number of halogens is 2. The van der Waals surface area contributed by atoms with Crippen LogP contribution in [0.3, 0.4) is 0 Å². The number of hydrogen-bond donors (Lipinski definition) is 2. The van der Waals surface area contributed by atoms with Crippen molar-refractivity contribution >= 4 is 16.6 Å². The van der Waals surface area contributed by atoms with Gasteiger partial charge in [-0.2, -0.15) is 0 Å². The van der Waals surface area contributed by atoms with Gasteiger partial charge in [0.2, 0.25) is 0 Å². The average Bonchev–Trinajstić information content (AvgIpc) is 3.44. The number of fused-ring (bicyclic) bond motifs is 4. The highest BCUT2D eigenvalue weighted by atomic mass is 19.1. The van der Waals surface area contributed by atoms with Gasteiger partial charge >= 0.3 is 0 Å². The molecule has 0 unspecified atom stereocenters.